The lowest BCUT2D eigenvalue weighted by Crippen LogP contribution is -2.07. The molecule has 140 valence electrons. The summed E-state index contributed by atoms with van der Waals surface area (Å²) in [6.07, 6.45) is 0. The number of benzene rings is 2. The fourth-order valence-electron chi connectivity index (χ4n) is 2.50. The van der Waals surface area contributed by atoms with Crippen LogP contribution in [-0.4, -0.2) is 35.1 Å². The number of rotatable bonds is 7. The molecule has 7 nitrogen and oxygen atoms in total. The predicted octanol–water partition coefficient (Wildman–Crippen LogP) is 3.89. The molecule has 0 fully saturated rings. The Morgan fingerprint density at radius 3 is 2.81 bits per heavy atom. The zero-order valence-corrected chi connectivity index (χ0v) is 15.6. The molecular weight excluding hydrogens is 370 g/mol. The van der Waals surface area contributed by atoms with Gasteiger partial charge in [-0.25, -0.2) is 4.79 Å². The zero-order valence-electron chi connectivity index (χ0n) is 14.9. The molecule has 0 unspecified atom stereocenters. The number of carbonyl (C=O) groups excluding carboxylic acids is 1. The van der Waals surface area contributed by atoms with Crippen molar-refractivity contribution in [1.29, 1.82) is 0 Å². The highest BCUT2D eigenvalue weighted by molar-refractivity contribution is 6.31. The van der Waals surface area contributed by atoms with Crippen LogP contribution in [0.5, 0.6) is 11.5 Å². The van der Waals surface area contributed by atoms with Crippen LogP contribution >= 0.6 is 11.6 Å². The van der Waals surface area contributed by atoms with Gasteiger partial charge < -0.3 is 14.2 Å². The fourth-order valence-corrected chi connectivity index (χ4v) is 2.67. The smallest absolute Gasteiger partial charge is 0.361 e. The van der Waals surface area contributed by atoms with Gasteiger partial charge in [0.05, 0.1) is 13.7 Å². The van der Waals surface area contributed by atoms with Gasteiger partial charge in [-0.3, -0.25) is 0 Å². The summed E-state index contributed by atoms with van der Waals surface area (Å²) >= 11 is 6.14. The van der Waals surface area contributed by atoms with Crippen molar-refractivity contribution in [3.05, 3.63) is 58.7 Å². The molecular formula is C19H18ClN3O4. The molecule has 0 spiro atoms. The fraction of sp³-hybridized carbons (Fsp3) is 0.211. The summed E-state index contributed by atoms with van der Waals surface area (Å²) in [6.45, 7) is 2.26. The predicted molar refractivity (Wildman–Crippen MR) is 100 cm³/mol. The van der Waals surface area contributed by atoms with E-state index in [1.807, 2.05) is 24.3 Å². The van der Waals surface area contributed by atoms with Crippen LogP contribution in [0.1, 0.15) is 23.0 Å². The maximum atomic E-state index is 12.1. The number of nitrogens with one attached hydrogen (secondary N) is 1. The van der Waals surface area contributed by atoms with Gasteiger partial charge in [0, 0.05) is 10.6 Å². The first-order valence-corrected chi connectivity index (χ1v) is 8.63. The van der Waals surface area contributed by atoms with E-state index in [4.69, 9.17) is 25.8 Å². The number of hydrogen-bond donors (Lipinski definition) is 1. The normalized spacial score (nSPS) is 10.5. The minimum atomic E-state index is -0.569. The van der Waals surface area contributed by atoms with Crippen LogP contribution in [0.3, 0.4) is 0 Å². The highest BCUT2D eigenvalue weighted by Gasteiger charge is 2.22. The van der Waals surface area contributed by atoms with Crippen LogP contribution in [0.25, 0.3) is 11.3 Å². The van der Waals surface area contributed by atoms with Gasteiger partial charge in [-0.1, -0.05) is 23.7 Å². The Bertz CT molecular complexity index is 942. The van der Waals surface area contributed by atoms with E-state index in [0.717, 1.165) is 11.3 Å². The number of nitrogens with zero attached hydrogens (tertiary/aromatic N) is 2. The Labute approximate surface area is 161 Å². The lowest BCUT2D eigenvalue weighted by molar-refractivity contribution is 0.0520. The summed E-state index contributed by atoms with van der Waals surface area (Å²) in [6, 6.07) is 12.7. The van der Waals surface area contributed by atoms with E-state index >= 15 is 0 Å². The van der Waals surface area contributed by atoms with E-state index in [9.17, 15) is 4.79 Å². The SMILES string of the molecule is CCOC(=O)c1n[nH]nc1-c1cc(Cl)ccc1OCc1cccc(OC)c1. The monoisotopic (exact) mass is 387 g/mol. The van der Waals surface area contributed by atoms with E-state index in [2.05, 4.69) is 15.4 Å². The second-order valence-corrected chi connectivity index (χ2v) is 5.96. The number of methoxy groups -OCH3 is 1. The van der Waals surface area contributed by atoms with Crippen LogP contribution < -0.4 is 9.47 Å². The third-order valence-corrected chi connectivity index (χ3v) is 3.98. The van der Waals surface area contributed by atoms with Gasteiger partial charge in [0.1, 0.15) is 23.8 Å². The lowest BCUT2D eigenvalue weighted by atomic mass is 10.1. The van der Waals surface area contributed by atoms with Crippen molar-refractivity contribution in [3.8, 4) is 22.8 Å². The standard InChI is InChI=1S/C19H18ClN3O4/c1-3-26-19(24)18-17(21-23-22-18)15-10-13(20)7-8-16(15)27-11-12-5-4-6-14(9-12)25-2/h4-10H,3,11H2,1-2H3,(H,21,22,23). The number of ether oxygens (including phenoxy) is 3. The minimum Gasteiger partial charge on any atom is -0.497 e. The second kappa shape index (κ2) is 8.55. The second-order valence-electron chi connectivity index (χ2n) is 5.52. The van der Waals surface area contributed by atoms with Crippen molar-refractivity contribution < 1.29 is 19.0 Å². The molecule has 0 saturated carbocycles. The summed E-state index contributed by atoms with van der Waals surface area (Å²) in [5, 5.41) is 10.9. The van der Waals surface area contributed by atoms with Crippen molar-refractivity contribution >= 4 is 17.6 Å². The van der Waals surface area contributed by atoms with E-state index < -0.39 is 5.97 Å². The molecule has 0 atom stereocenters. The maximum absolute atomic E-state index is 12.1. The summed E-state index contributed by atoms with van der Waals surface area (Å²) < 4.78 is 16.2. The maximum Gasteiger partial charge on any atom is 0.361 e. The van der Waals surface area contributed by atoms with Gasteiger partial charge in [-0.2, -0.15) is 10.3 Å². The van der Waals surface area contributed by atoms with Crippen LogP contribution in [0.15, 0.2) is 42.5 Å². The molecule has 1 N–H and O–H groups in total. The Balaban J connectivity index is 1.90. The quantitative estimate of drug-likeness (QED) is 0.619. The van der Waals surface area contributed by atoms with Gasteiger partial charge in [0.2, 0.25) is 0 Å². The van der Waals surface area contributed by atoms with Crippen molar-refractivity contribution in [2.45, 2.75) is 13.5 Å². The Morgan fingerprint density at radius 2 is 2.04 bits per heavy atom. The summed E-state index contributed by atoms with van der Waals surface area (Å²) in [4.78, 5) is 12.1. The van der Waals surface area contributed by atoms with Gasteiger partial charge in [0.25, 0.3) is 0 Å². The van der Waals surface area contributed by atoms with Crippen LogP contribution in [0.2, 0.25) is 5.02 Å². The van der Waals surface area contributed by atoms with Crippen molar-refractivity contribution in [2.75, 3.05) is 13.7 Å². The first kappa shape index (κ1) is 18.7. The van der Waals surface area contributed by atoms with Gasteiger partial charge in [0.15, 0.2) is 5.69 Å². The molecule has 0 aliphatic heterocycles. The van der Waals surface area contributed by atoms with Crippen molar-refractivity contribution in [3.63, 3.8) is 0 Å². The summed E-state index contributed by atoms with van der Waals surface area (Å²) in [7, 11) is 1.61. The average Bonchev–Trinajstić information content (AvgIpc) is 3.17. The zero-order chi connectivity index (χ0) is 19.2. The molecule has 0 bridgehead atoms. The van der Waals surface area contributed by atoms with Crippen LogP contribution in [-0.2, 0) is 11.3 Å². The molecule has 27 heavy (non-hydrogen) atoms. The number of H-pyrrole nitrogens is 1. The van der Waals surface area contributed by atoms with Crippen molar-refractivity contribution in [1.82, 2.24) is 15.4 Å². The molecule has 0 saturated heterocycles. The molecule has 0 radical (unpaired) electrons. The number of halogens is 1. The molecule has 0 aliphatic rings. The first-order chi connectivity index (χ1) is 13.1. The highest BCUT2D eigenvalue weighted by atomic mass is 35.5. The largest absolute Gasteiger partial charge is 0.497 e. The van der Waals surface area contributed by atoms with E-state index in [1.54, 1.807) is 32.2 Å². The number of aromatic amines is 1. The molecule has 8 heteroatoms. The lowest BCUT2D eigenvalue weighted by Gasteiger charge is -2.12. The number of esters is 1. The number of aromatic nitrogens is 3. The van der Waals surface area contributed by atoms with Crippen molar-refractivity contribution in [2.24, 2.45) is 0 Å². The Kier molecular flexibility index (Phi) is 5.93. The Hall–Kier alpha value is -3.06. The molecule has 1 heterocycles. The Morgan fingerprint density at radius 1 is 1.19 bits per heavy atom. The topological polar surface area (TPSA) is 86.3 Å². The summed E-state index contributed by atoms with van der Waals surface area (Å²) in [5.41, 5.74) is 1.87. The number of hydrogen-bond acceptors (Lipinski definition) is 6. The van der Waals surface area contributed by atoms with Gasteiger partial charge >= 0.3 is 5.97 Å². The third-order valence-electron chi connectivity index (χ3n) is 3.74. The average molecular weight is 388 g/mol. The third kappa shape index (κ3) is 4.38. The molecule has 2 aromatic carbocycles. The number of carbonyl (C=O) groups is 1. The molecule has 0 aliphatic carbocycles. The molecule has 3 rings (SSSR count). The highest BCUT2D eigenvalue weighted by Crippen LogP contribution is 2.33. The van der Waals surface area contributed by atoms with Crippen LogP contribution in [0.4, 0.5) is 0 Å². The van der Waals surface area contributed by atoms with E-state index in [0.29, 0.717) is 28.6 Å². The molecule has 0 amide bonds. The van der Waals surface area contributed by atoms with E-state index in [1.165, 1.54) is 0 Å². The first-order valence-electron chi connectivity index (χ1n) is 8.26. The molecule has 1 aromatic heterocycles. The van der Waals surface area contributed by atoms with Crippen LogP contribution in [0, 0.1) is 0 Å². The van der Waals surface area contributed by atoms with Gasteiger partial charge in [-0.05, 0) is 42.8 Å². The van der Waals surface area contributed by atoms with E-state index in [-0.39, 0.29) is 12.3 Å². The van der Waals surface area contributed by atoms with Gasteiger partial charge in [-0.15, -0.1) is 5.10 Å². The summed E-state index contributed by atoms with van der Waals surface area (Å²) in [5.74, 6) is 0.690. The minimum absolute atomic E-state index is 0.0744. The molecule has 3 aromatic rings.